The van der Waals surface area contributed by atoms with Crippen molar-refractivity contribution >= 4 is 21.4 Å². The van der Waals surface area contributed by atoms with Crippen molar-refractivity contribution in [2.75, 3.05) is 30.6 Å². The second-order valence-electron chi connectivity index (χ2n) is 3.76. The van der Waals surface area contributed by atoms with Gasteiger partial charge in [0.25, 0.3) is 0 Å². The zero-order chi connectivity index (χ0) is 8.82. The van der Waals surface area contributed by atoms with Crippen LogP contribution in [0, 0.1) is 11.3 Å². The Kier molecular flexibility index (Phi) is 1.90. The Morgan fingerprint density at radius 2 is 2.33 bits per heavy atom. The molecule has 0 radical (unpaired) electrons. The van der Waals surface area contributed by atoms with E-state index in [0.717, 1.165) is 0 Å². The van der Waals surface area contributed by atoms with Crippen LogP contribution in [-0.4, -0.2) is 39.0 Å². The molecule has 0 bridgehead atoms. The topological polar surface area (TPSA) is 43.4 Å². The highest BCUT2D eigenvalue weighted by Gasteiger charge is 2.53. The van der Waals surface area contributed by atoms with Crippen molar-refractivity contribution in [2.24, 2.45) is 11.3 Å². The van der Waals surface area contributed by atoms with E-state index in [1.54, 1.807) is 0 Å². The summed E-state index contributed by atoms with van der Waals surface area (Å²) in [6.07, 6.45) is 0. The summed E-state index contributed by atoms with van der Waals surface area (Å²) in [4.78, 5) is 0. The average Bonchev–Trinajstić information content (AvgIpc) is 2.40. The molecule has 2 atom stereocenters. The first kappa shape index (κ1) is 8.78. The van der Waals surface area contributed by atoms with Gasteiger partial charge in [-0.3, -0.25) is 0 Å². The molecule has 0 spiro atoms. The van der Waals surface area contributed by atoms with Crippen LogP contribution in [0.2, 0.25) is 0 Å². The summed E-state index contributed by atoms with van der Waals surface area (Å²) >= 11 is 5.78. The summed E-state index contributed by atoms with van der Waals surface area (Å²) in [5, 5.41) is 0. The molecular formula is C7H11ClO3S. The third kappa shape index (κ3) is 1.17. The van der Waals surface area contributed by atoms with E-state index in [9.17, 15) is 8.42 Å². The molecular weight excluding hydrogens is 200 g/mol. The van der Waals surface area contributed by atoms with Crippen LogP contribution in [0.25, 0.3) is 0 Å². The Balaban J connectivity index is 2.32. The van der Waals surface area contributed by atoms with Crippen LogP contribution < -0.4 is 0 Å². The normalized spacial score (nSPS) is 44.6. The van der Waals surface area contributed by atoms with E-state index < -0.39 is 9.84 Å². The Morgan fingerprint density at radius 1 is 1.58 bits per heavy atom. The van der Waals surface area contributed by atoms with Crippen molar-refractivity contribution < 1.29 is 13.2 Å². The summed E-state index contributed by atoms with van der Waals surface area (Å²) in [5.74, 6) is 1.02. The van der Waals surface area contributed by atoms with Gasteiger partial charge in [0, 0.05) is 17.2 Å². The van der Waals surface area contributed by atoms with E-state index in [0.29, 0.717) is 19.1 Å². The van der Waals surface area contributed by atoms with Gasteiger partial charge in [0.1, 0.15) is 0 Å². The van der Waals surface area contributed by atoms with Gasteiger partial charge in [-0.25, -0.2) is 8.42 Å². The Hall–Kier alpha value is 0.200. The molecule has 0 saturated carbocycles. The molecule has 3 nitrogen and oxygen atoms in total. The summed E-state index contributed by atoms with van der Waals surface area (Å²) in [5.41, 5.74) is -0.264. The second-order valence-corrected chi connectivity index (χ2v) is 6.14. The molecule has 0 aliphatic carbocycles. The maximum absolute atomic E-state index is 11.3. The zero-order valence-corrected chi connectivity index (χ0v) is 8.20. The van der Waals surface area contributed by atoms with E-state index in [-0.39, 0.29) is 22.8 Å². The lowest BCUT2D eigenvalue weighted by molar-refractivity contribution is 0.168. The van der Waals surface area contributed by atoms with Gasteiger partial charge < -0.3 is 4.74 Å². The van der Waals surface area contributed by atoms with Crippen LogP contribution in [0.15, 0.2) is 0 Å². The van der Waals surface area contributed by atoms with Crippen molar-refractivity contribution in [3.63, 3.8) is 0 Å². The van der Waals surface area contributed by atoms with Crippen molar-refractivity contribution in [1.82, 2.24) is 0 Å². The highest BCUT2D eigenvalue weighted by molar-refractivity contribution is 7.91. The average molecular weight is 211 g/mol. The fourth-order valence-electron chi connectivity index (χ4n) is 2.07. The van der Waals surface area contributed by atoms with Gasteiger partial charge >= 0.3 is 0 Å². The molecule has 2 saturated heterocycles. The van der Waals surface area contributed by atoms with Gasteiger partial charge in [0.2, 0.25) is 0 Å². The number of fused-ring (bicyclic) bond motifs is 1. The number of ether oxygens (including phenoxy) is 1. The maximum Gasteiger partial charge on any atom is 0.151 e. The lowest BCUT2D eigenvalue weighted by Crippen LogP contribution is -2.30. The summed E-state index contributed by atoms with van der Waals surface area (Å²) in [7, 11) is -2.84. The van der Waals surface area contributed by atoms with Crippen LogP contribution in [0.5, 0.6) is 0 Å². The maximum atomic E-state index is 11.3. The van der Waals surface area contributed by atoms with Crippen LogP contribution in [-0.2, 0) is 14.6 Å². The lowest BCUT2D eigenvalue weighted by atomic mass is 9.83. The molecule has 0 N–H and O–H groups in total. The molecule has 12 heavy (non-hydrogen) atoms. The molecule has 0 unspecified atom stereocenters. The van der Waals surface area contributed by atoms with Gasteiger partial charge in [-0.2, -0.15) is 0 Å². The smallest absolute Gasteiger partial charge is 0.151 e. The van der Waals surface area contributed by atoms with E-state index in [1.165, 1.54) is 0 Å². The highest BCUT2D eigenvalue weighted by Crippen LogP contribution is 2.43. The van der Waals surface area contributed by atoms with Gasteiger partial charge in [0.05, 0.1) is 24.7 Å². The molecule has 2 aliphatic heterocycles. The van der Waals surface area contributed by atoms with Gasteiger partial charge in [-0.1, -0.05) is 0 Å². The minimum absolute atomic E-state index is 0.139. The van der Waals surface area contributed by atoms with E-state index in [1.807, 2.05) is 0 Å². The van der Waals surface area contributed by atoms with E-state index >= 15 is 0 Å². The molecule has 2 aliphatic rings. The van der Waals surface area contributed by atoms with Crippen LogP contribution in [0.1, 0.15) is 0 Å². The van der Waals surface area contributed by atoms with Crippen LogP contribution in [0.3, 0.4) is 0 Å². The predicted molar refractivity (Wildman–Crippen MR) is 46.1 cm³/mol. The number of sulfone groups is 1. The summed E-state index contributed by atoms with van der Waals surface area (Å²) < 4.78 is 27.8. The van der Waals surface area contributed by atoms with Gasteiger partial charge in [-0.05, 0) is 0 Å². The highest BCUT2D eigenvalue weighted by atomic mass is 35.5. The summed E-state index contributed by atoms with van der Waals surface area (Å²) in [6, 6.07) is 0. The summed E-state index contributed by atoms with van der Waals surface area (Å²) in [6.45, 7) is 1.08. The largest absolute Gasteiger partial charge is 0.380 e. The number of halogens is 1. The second kappa shape index (κ2) is 2.59. The standard InChI is InChI=1S/C7H11ClO3S/c8-3-7-4-11-1-6(7)2-12(9,10)5-7/h6H,1-5H2/t6-,7-/m1/s1. The Morgan fingerprint density at radius 3 is 2.92 bits per heavy atom. The SMILES string of the molecule is O=S1(=O)C[C@H]2COC[C@]2(CCl)C1. The Labute approximate surface area is 77.0 Å². The molecule has 2 rings (SSSR count). The Bertz CT molecular complexity index is 287. The number of hydrogen-bond acceptors (Lipinski definition) is 3. The quantitative estimate of drug-likeness (QED) is 0.585. The number of alkyl halides is 1. The predicted octanol–water partition coefficient (Wildman–Crippen LogP) is 0.286. The molecule has 0 aromatic heterocycles. The van der Waals surface area contributed by atoms with Crippen molar-refractivity contribution in [3.8, 4) is 0 Å². The number of hydrogen-bond donors (Lipinski definition) is 0. The van der Waals surface area contributed by atoms with Crippen molar-refractivity contribution in [1.29, 1.82) is 0 Å². The number of rotatable bonds is 1. The lowest BCUT2D eigenvalue weighted by Gasteiger charge is -2.21. The van der Waals surface area contributed by atoms with Gasteiger partial charge in [0.15, 0.2) is 9.84 Å². The van der Waals surface area contributed by atoms with E-state index in [2.05, 4.69) is 0 Å². The first-order chi connectivity index (χ1) is 5.58. The molecule has 0 aromatic carbocycles. The first-order valence-corrected chi connectivity index (χ1v) is 6.28. The minimum atomic E-state index is -2.84. The molecule has 0 aromatic rings. The fourth-order valence-corrected chi connectivity index (χ4v) is 5.05. The third-order valence-corrected chi connectivity index (χ3v) is 5.26. The van der Waals surface area contributed by atoms with Gasteiger partial charge in [-0.15, -0.1) is 11.6 Å². The van der Waals surface area contributed by atoms with Crippen LogP contribution >= 0.6 is 11.6 Å². The monoisotopic (exact) mass is 210 g/mol. The molecule has 2 fully saturated rings. The molecule has 70 valence electrons. The van der Waals surface area contributed by atoms with Crippen LogP contribution in [0.4, 0.5) is 0 Å². The molecule has 0 amide bonds. The van der Waals surface area contributed by atoms with Crippen molar-refractivity contribution in [3.05, 3.63) is 0 Å². The minimum Gasteiger partial charge on any atom is -0.380 e. The molecule has 2 heterocycles. The van der Waals surface area contributed by atoms with Crippen molar-refractivity contribution in [2.45, 2.75) is 0 Å². The fraction of sp³-hybridized carbons (Fsp3) is 1.00. The zero-order valence-electron chi connectivity index (χ0n) is 6.62. The third-order valence-electron chi connectivity index (χ3n) is 2.80. The van der Waals surface area contributed by atoms with E-state index in [4.69, 9.17) is 16.3 Å². The molecule has 5 heteroatoms. The first-order valence-electron chi connectivity index (χ1n) is 3.92.